The van der Waals surface area contributed by atoms with Gasteiger partial charge in [-0.1, -0.05) is 52.4 Å². The van der Waals surface area contributed by atoms with Gasteiger partial charge in [0.25, 0.3) is 0 Å². The van der Waals surface area contributed by atoms with Crippen molar-refractivity contribution >= 4 is 21.5 Å². The Kier molecular flexibility index (Phi) is 5.13. The fourth-order valence-corrected chi connectivity index (χ4v) is 1.46. The van der Waals surface area contributed by atoms with E-state index in [0.717, 1.165) is 10.9 Å². The lowest BCUT2D eigenvalue weighted by Crippen LogP contribution is -1.77. The molecule has 0 aromatic heterocycles. The fourth-order valence-electron chi connectivity index (χ4n) is 1.20. The smallest absolute Gasteiger partial charge is 0.0175 e. The Morgan fingerprint density at radius 3 is 2.60 bits per heavy atom. The molecule has 1 aromatic carbocycles. The van der Waals surface area contributed by atoms with Gasteiger partial charge in [0.15, 0.2) is 0 Å². The lowest BCUT2D eigenvalue weighted by molar-refractivity contribution is 1.41. The van der Waals surface area contributed by atoms with Crippen molar-refractivity contribution in [1.29, 1.82) is 0 Å². The van der Waals surface area contributed by atoms with Crippen LogP contribution >= 0.6 is 15.9 Å². The SMILES string of the molecule is C=CCC=C/C=C(\C)c1ccc(Br)cc1. The highest BCUT2D eigenvalue weighted by Gasteiger charge is 1.93. The topological polar surface area (TPSA) is 0 Å². The highest BCUT2D eigenvalue weighted by molar-refractivity contribution is 9.10. The van der Waals surface area contributed by atoms with E-state index in [9.17, 15) is 0 Å². The van der Waals surface area contributed by atoms with Gasteiger partial charge in [0.05, 0.1) is 0 Å². The Bertz CT molecular complexity index is 369. The van der Waals surface area contributed by atoms with Crippen LogP contribution in [0.1, 0.15) is 18.9 Å². The van der Waals surface area contributed by atoms with Gasteiger partial charge < -0.3 is 0 Å². The summed E-state index contributed by atoms with van der Waals surface area (Å²) in [4.78, 5) is 0. The molecule has 0 amide bonds. The van der Waals surface area contributed by atoms with Crippen LogP contribution in [0.25, 0.3) is 5.57 Å². The van der Waals surface area contributed by atoms with Gasteiger partial charge in [0, 0.05) is 4.47 Å². The minimum atomic E-state index is 0.921. The molecule has 0 heterocycles. The minimum Gasteiger partial charge on any atom is -0.103 e. The molecule has 0 aliphatic heterocycles. The molecule has 78 valence electrons. The van der Waals surface area contributed by atoms with Crippen LogP contribution in [0.3, 0.4) is 0 Å². The van der Waals surface area contributed by atoms with E-state index in [4.69, 9.17) is 0 Å². The van der Waals surface area contributed by atoms with Gasteiger partial charge in [0.1, 0.15) is 0 Å². The summed E-state index contributed by atoms with van der Waals surface area (Å²) in [6.07, 6.45) is 9.09. The summed E-state index contributed by atoms with van der Waals surface area (Å²) in [7, 11) is 0. The molecule has 0 N–H and O–H groups in total. The molecule has 0 bridgehead atoms. The zero-order valence-electron chi connectivity index (χ0n) is 8.91. The van der Waals surface area contributed by atoms with Crippen molar-refractivity contribution in [2.75, 3.05) is 0 Å². The predicted octanol–water partition coefficient (Wildman–Crippen LogP) is 4.98. The third-order valence-corrected chi connectivity index (χ3v) is 2.61. The first-order chi connectivity index (χ1) is 7.24. The van der Waals surface area contributed by atoms with Crippen LogP contribution in [0.5, 0.6) is 0 Å². The van der Waals surface area contributed by atoms with E-state index in [1.165, 1.54) is 11.1 Å². The summed E-state index contributed by atoms with van der Waals surface area (Å²) in [5, 5.41) is 0. The van der Waals surface area contributed by atoms with E-state index in [2.05, 4.69) is 71.9 Å². The van der Waals surface area contributed by atoms with Crippen LogP contribution in [0.2, 0.25) is 0 Å². The van der Waals surface area contributed by atoms with Gasteiger partial charge >= 0.3 is 0 Å². The van der Waals surface area contributed by atoms with Crippen LogP contribution in [0.4, 0.5) is 0 Å². The third kappa shape index (κ3) is 4.30. The van der Waals surface area contributed by atoms with Gasteiger partial charge in [-0.15, -0.1) is 6.58 Å². The van der Waals surface area contributed by atoms with Crippen LogP contribution < -0.4 is 0 Å². The first-order valence-electron chi connectivity index (χ1n) is 4.94. The van der Waals surface area contributed by atoms with Crippen molar-refractivity contribution < 1.29 is 0 Å². The van der Waals surface area contributed by atoms with E-state index in [1.54, 1.807) is 0 Å². The molecule has 0 spiro atoms. The lowest BCUT2D eigenvalue weighted by Gasteiger charge is -1.99. The number of hydrogen-bond acceptors (Lipinski definition) is 0. The van der Waals surface area contributed by atoms with Crippen molar-refractivity contribution in [2.45, 2.75) is 13.3 Å². The highest BCUT2D eigenvalue weighted by Crippen LogP contribution is 2.17. The van der Waals surface area contributed by atoms with Crippen molar-refractivity contribution in [2.24, 2.45) is 0 Å². The molecule has 0 atom stereocenters. The first-order valence-corrected chi connectivity index (χ1v) is 5.73. The molecule has 0 unspecified atom stereocenters. The maximum atomic E-state index is 3.67. The number of halogens is 1. The molecule has 1 rings (SSSR count). The standard InChI is InChI=1S/C14H15Br/c1-3-4-5-6-7-12(2)13-8-10-14(15)11-9-13/h3,5-11H,1,4H2,2H3/b6-5?,12-7+. The molecule has 15 heavy (non-hydrogen) atoms. The summed E-state index contributed by atoms with van der Waals surface area (Å²) >= 11 is 3.42. The van der Waals surface area contributed by atoms with Gasteiger partial charge in [-0.2, -0.15) is 0 Å². The lowest BCUT2D eigenvalue weighted by atomic mass is 10.1. The molecule has 0 saturated heterocycles. The first kappa shape index (κ1) is 12.0. The second-order valence-electron chi connectivity index (χ2n) is 3.31. The largest absolute Gasteiger partial charge is 0.103 e. The Morgan fingerprint density at radius 2 is 2.00 bits per heavy atom. The van der Waals surface area contributed by atoms with Crippen LogP contribution in [-0.2, 0) is 0 Å². The molecule has 0 aliphatic rings. The Labute approximate surface area is 100 Å². The summed E-state index contributed by atoms with van der Waals surface area (Å²) in [6, 6.07) is 8.33. The average Bonchev–Trinajstić information content (AvgIpc) is 2.25. The Hall–Kier alpha value is -1.08. The van der Waals surface area contributed by atoms with Crippen molar-refractivity contribution in [3.63, 3.8) is 0 Å². The zero-order valence-corrected chi connectivity index (χ0v) is 10.5. The van der Waals surface area contributed by atoms with E-state index >= 15 is 0 Å². The summed E-state index contributed by atoms with van der Waals surface area (Å²) < 4.78 is 1.11. The van der Waals surface area contributed by atoms with E-state index < -0.39 is 0 Å². The molecule has 0 aliphatic carbocycles. The van der Waals surface area contributed by atoms with Gasteiger partial charge in [-0.3, -0.25) is 0 Å². The third-order valence-electron chi connectivity index (χ3n) is 2.08. The normalized spacial score (nSPS) is 12.0. The van der Waals surface area contributed by atoms with Gasteiger partial charge in [0.2, 0.25) is 0 Å². The quantitative estimate of drug-likeness (QED) is 0.530. The summed E-state index contributed by atoms with van der Waals surface area (Å²) in [5.74, 6) is 0. The number of benzene rings is 1. The second kappa shape index (κ2) is 6.41. The molecule has 0 nitrogen and oxygen atoms in total. The Balaban J connectivity index is 2.71. The number of hydrogen-bond donors (Lipinski definition) is 0. The van der Waals surface area contributed by atoms with E-state index in [-0.39, 0.29) is 0 Å². The maximum Gasteiger partial charge on any atom is 0.0175 e. The molecule has 1 heteroatoms. The summed E-state index contributed by atoms with van der Waals surface area (Å²) in [6.45, 7) is 5.78. The highest BCUT2D eigenvalue weighted by atomic mass is 79.9. The average molecular weight is 263 g/mol. The number of allylic oxidation sites excluding steroid dienone is 5. The monoisotopic (exact) mass is 262 g/mol. The number of rotatable bonds is 4. The fraction of sp³-hybridized carbons (Fsp3) is 0.143. The van der Waals surface area contributed by atoms with Gasteiger partial charge in [-0.25, -0.2) is 0 Å². The van der Waals surface area contributed by atoms with Crippen LogP contribution in [0, 0.1) is 0 Å². The maximum absolute atomic E-state index is 3.67. The molecule has 0 radical (unpaired) electrons. The van der Waals surface area contributed by atoms with Crippen LogP contribution in [0.15, 0.2) is 59.6 Å². The van der Waals surface area contributed by atoms with Crippen molar-refractivity contribution in [3.05, 3.63) is 65.2 Å². The summed E-state index contributed by atoms with van der Waals surface area (Å²) in [5.41, 5.74) is 2.52. The van der Waals surface area contributed by atoms with Crippen molar-refractivity contribution in [3.8, 4) is 0 Å². The Morgan fingerprint density at radius 1 is 1.33 bits per heavy atom. The van der Waals surface area contributed by atoms with E-state index in [1.807, 2.05) is 6.08 Å². The van der Waals surface area contributed by atoms with Crippen LogP contribution in [-0.4, -0.2) is 0 Å². The van der Waals surface area contributed by atoms with E-state index in [0.29, 0.717) is 0 Å². The predicted molar refractivity (Wildman–Crippen MR) is 71.7 cm³/mol. The molecular formula is C14H15Br. The zero-order chi connectivity index (χ0) is 11.1. The molecule has 0 fully saturated rings. The molecule has 0 saturated carbocycles. The minimum absolute atomic E-state index is 0.921. The molecule has 1 aromatic rings. The van der Waals surface area contributed by atoms with Crippen molar-refractivity contribution in [1.82, 2.24) is 0 Å². The van der Waals surface area contributed by atoms with Gasteiger partial charge in [-0.05, 0) is 36.6 Å². The molecular weight excluding hydrogens is 248 g/mol. The second-order valence-corrected chi connectivity index (χ2v) is 4.22.